The Hall–Kier alpha value is -2.09. The fourth-order valence-corrected chi connectivity index (χ4v) is 2.37. The van der Waals surface area contributed by atoms with Crippen molar-refractivity contribution in [1.29, 1.82) is 0 Å². The second-order valence-electron chi connectivity index (χ2n) is 5.05. The Morgan fingerprint density at radius 1 is 1.26 bits per heavy atom. The number of alkyl halides is 3. The Morgan fingerprint density at radius 2 is 1.91 bits per heavy atom. The minimum absolute atomic E-state index is 0.227. The molecule has 0 aromatic heterocycles. The Kier molecular flexibility index (Phi) is 5.25. The van der Waals surface area contributed by atoms with Gasteiger partial charge in [0.2, 0.25) is 0 Å². The van der Waals surface area contributed by atoms with E-state index in [1.807, 2.05) is 0 Å². The van der Waals surface area contributed by atoms with Gasteiger partial charge in [0.05, 0.1) is 12.2 Å². The SMILES string of the molecule is CC(=O)O[C@H]1CO[C@H](COC(=O)c2ccccc2)[C@@H]1C(F)(F)F. The summed E-state index contributed by atoms with van der Waals surface area (Å²) in [5.41, 5.74) is 0.227. The molecule has 5 nitrogen and oxygen atoms in total. The lowest BCUT2D eigenvalue weighted by Crippen LogP contribution is -2.41. The summed E-state index contributed by atoms with van der Waals surface area (Å²) in [5, 5.41) is 0. The standard InChI is InChI=1S/C15H15F3O5/c1-9(19)23-12-8-21-11(13(12)15(16,17)18)7-22-14(20)10-5-3-2-4-6-10/h2-6,11-13H,7-8H2,1H3/t11-,12+,13+/m1/s1. The van der Waals surface area contributed by atoms with Gasteiger partial charge in [-0.25, -0.2) is 4.79 Å². The van der Waals surface area contributed by atoms with Gasteiger partial charge in [-0.1, -0.05) is 18.2 Å². The van der Waals surface area contributed by atoms with Crippen LogP contribution in [0.5, 0.6) is 0 Å². The Labute approximate surface area is 130 Å². The molecule has 0 N–H and O–H groups in total. The maximum Gasteiger partial charge on any atom is 0.398 e. The largest absolute Gasteiger partial charge is 0.459 e. The predicted octanol–water partition coefficient (Wildman–Crippen LogP) is 2.35. The number of hydrogen-bond donors (Lipinski definition) is 0. The number of carbonyl (C=O) groups is 2. The lowest BCUT2D eigenvalue weighted by Gasteiger charge is -2.24. The molecule has 1 aromatic carbocycles. The second-order valence-corrected chi connectivity index (χ2v) is 5.05. The molecule has 0 spiro atoms. The highest BCUT2D eigenvalue weighted by atomic mass is 19.4. The van der Waals surface area contributed by atoms with E-state index >= 15 is 0 Å². The van der Waals surface area contributed by atoms with Crippen LogP contribution >= 0.6 is 0 Å². The first-order chi connectivity index (χ1) is 10.8. The monoisotopic (exact) mass is 332 g/mol. The maximum absolute atomic E-state index is 13.1. The number of esters is 2. The molecule has 0 saturated carbocycles. The van der Waals surface area contributed by atoms with E-state index in [-0.39, 0.29) is 5.56 Å². The zero-order valence-electron chi connectivity index (χ0n) is 12.2. The highest BCUT2D eigenvalue weighted by Gasteiger charge is 2.55. The van der Waals surface area contributed by atoms with Gasteiger partial charge in [-0.3, -0.25) is 4.79 Å². The molecule has 1 saturated heterocycles. The van der Waals surface area contributed by atoms with Crippen molar-refractivity contribution in [2.45, 2.75) is 25.3 Å². The van der Waals surface area contributed by atoms with Gasteiger partial charge < -0.3 is 14.2 Å². The zero-order valence-corrected chi connectivity index (χ0v) is 12.2. The molecule has 0 aliphatic carbocycles. The van der Waals surface area contributed by atoms with Gasteiger partial charge in [-0.15, -0.1) is 0 Å². The fourth-order valence-electron chi connectivity index (χ4n) is 2.37. The van der Waals surface area contributed by atoms with Gasteiger partial charge in [0.15, 0.2) is 0 Å². The number of ether oxygens (including phenoxy) is 3. The number of hydrogen-bond acceptors (Lipinski definition) is 5. The number of benzene rings is 1. The summed E-state index contributed by atoms with van der Waals surface area (Å²) in [6, 6.07) is 7.89. The average molecular weight is 332 g/mol. The minimum atomic E-state index is -4.64. The molecule has 1 aromatic rings. The first-order valence-electron chi connectivity index (χ1n) is 6.86. The third-order valence-electron chi connectivity index (χ3n) is 3.36. The molecule has 2 rings (SSSR count). The van der Waals surface area contributed by atoms with E-state index in [0.29, 0.717) is 0 Å². The van der Waals surface area contributed by atoms with Gasteiger partial charge >= 0.3 is 18.1 Å². The molecule has 1 aliphatic rings. The molecule has 0 amide bonds. The zero-order chi connectivity index (χ0) is 17.0. The van der Waals surface area contributed by atoms with Gasteiger partial charge in [0.1, 0.15) is 24.7 Å². The minimum Gasteiger partial charge on any atom is -0.459 e. The van der Waals surface area contributed by atoms with E-state index in [0.717, 1.165) is 6.92 Å². The molecule has 3 atom stereocenters. The molecule has 0 bridgehead atoms. The van der Waals surface area contributed by atoms with Gasteiger partial charge in [0.25, 0.3) is 0 Å². The van der Waals surface area contributed by atoms with Crippen LogP contribution in [0.15, 0.2) is 30.3 Å². The van der Waals surface area contributed by atoms with Crippen LogP contribution < -0.4 is 0 Å². The van der Waals surface area contributed by atoms with Crippen LogP contribution in [-0.4, -0.2) is 43.5 Å². The van der Waals surface area contributed by atoms with Crippen molar-refractivity contribution in [2.75, 3.05) is 13.2 Å². The molecule has 23 heavy (non-hydrogen) atoms. The molecule has 8 heteroatoms. The smallest absolute Gasteiger partial charge is 0.398 e. The summed E-state index contributed by atoms with van der Waals surface area (Å²) < 4.78 is 54.0. The summed E-state index contributed by atoms with van der Waals surface area (Å²) in [6.07, 6.45) is -7.49. The van der Waals surface area contributed by atoms with Crippen molar-refractivity contribution < 1.29 is 37.0 Å². The lowest BCUT2D eigenvalue weighted by molar-refractivity contribution is -0.210. The Bertz CT molecular complexity index is 558. The molecule has 0 radical (unpaired) electrons. The van der Waals surface area contributed by atoms with E-state index in [1.54, 1.807) is 18.2 Å². The highest BCUT2D eigenvalue weighted by Crippen LogP contribution is 2.38. The van der Waals surface area contributed by atoms with E-state index in [2.05, 4.69) is 4.74 Å². The summed E-state index contributed by atoms with van der Waals surface area (Å²) in [7, 11) is 0. The van der Waals surface area contributed by atoms with Crippen LogP contribution in [0.25, 0.3) is 0 Å². The maximum atomic E-state index is 13.1. The van der Waals surface area contributed by atoms with E-state index in [1.165, 1.54) is 12.1 Å². The summed E-state index contributed by atoms with van der Waals surface area (Å²) >= 11 is 0. The van der Waals surface area contributed by atoms with E-state index < -0.39 is 49.5 Å². The van der Waals surface area contributed by atoms with Crippen molar-refractivity contribution in [3.63, 3.8) is 0 Å². The fraction of sp³-hybridized carbons (Fsp3) is 0.467. The predicted molar refractivity (Wildman–Crippen MR) is 71.6 cm³/mol. The van der Waals surface area contributed by atoms with Crippen LogP contribution in [-0.2, 0) is 19.0 Å². The van der Waals surface area contributed by atoms with Crippen molar-refractivity contribution in [1.82, 2.24) is 0 Å². The molecule has 1 fully saturated rings. The molecule has 126 valence electrons. The number of rotatable bonds is 4. The van der Waals surface area contributed by atoms with E-state index in [9.17, 15) is 22.8 Å². The normalized spacial score (nSPS) is 24.3. The van der Waals surface area contributed by atoms with Crippen molar-refractivity contribution in [3.8, 4) is 0 Å². The van der Waals surface area contributed by atoms with Crippen LogP contribution in [0.3, 0.4) is 0 Å². The lowest BCUT2D eigenvalue weighted by atomic mass is 9.98. The van der Waals surface area contributed by atoms with Gasteiger partial charge in [-0.2, -0.15) is 13.2 Å². The van der Waals surface area contributed by atoms with Gasteiger partial charge in [-0.05, 0) is 12.1 Å². The van der Waals surface area contributed by atoms with Crippen molar-refractivity contribution in [3.05, 3.63) is 35.9 Å². The van der Waals surface area contributed by atoms with Crippen LogP contribution in [0.1, 0.15) is 17.3 Å². The molecular weight excluding hydrogens is 317 g/mol. The average Bonchev–Trinajstić information content (AvgIpc) is 2.87. The van der Waals surface area contributed by atoms with Crippen LogP contribution in [0, 0.1) is 5.92 Å². The van der Waals surface area contributed by atoms with Crippen LogP contribution in [0.4, 0.5) is 13.2 Å². The quantitative estimate of drug-likeness (QED) is 0.792. The summed E-state index contributed by atoms with van der Waals surface area (Å²) in [6.45, 7) is 0.0587. The number of carbonyl (C=O) groups excluding carboxylic acids is 2. The summed E-state index contributed by atoms with van der Waals surface area (Å²) in [4.78, 5) is 22.7. The molecule has 1 heterocycles. The van der Waals surface area contributed by atoms with Crippen molar-refractivity contribution in [2.24, 2.45) is 5.92 Å². The number of halogens is 3. The topological polar surface area (TPSA) is 61.8 Å². The molecule has 1 aliphatic heterocycles. The first-order valence-corrected chi connectivity index (χ1v) is 6.86. The molecular formula is C15H15F3O5. The molecule has 0 unspecified atom stereocenters. The second kappa shape index (κ2) is 6.99. The first kappa shape index (κ1) is 17.3. The Morgan fingerprint density at radius 3 is 2.48 bits per heavy atom. The third-order valence-corrected chi connectivity index (χ3v) is 3.36. The van der Waals surface area contributed by atoms with Crippen LogP contribution in [0.2, 0.25) is 0 Å². The van der Waals surface area contributed by atoms with Crippen molar-refractivity contribution >= 4 is 11.9 Å². The summed E-state index contributed by atoms with van der Waals surface area (Å²) in [5.74, 6) is -3.60. The third kappa shape index (κ3) is 4.44. The van der Waals surface area contributed by atoms with Gasteiger partial charge in [0, 0.05) is 6.92 Å². The highest BCUT2D eigenvalue weighted by molar-refractivity contribution is 5.89. The van der Waals surface area contributed by atoms with E-state index in [4.69, 9.17) is 9.47 Å². The Balaban J connectivity index is 2.01.